The van der Waals surface area contributed by atoms with Gasteiger partial charge in [-0.3, -0.25) is 9.78 Å². The van der Waals surface area contributed by atoms with Crippen LogP contribution in [0.3, 0.4) is 0 Å². The molecule has 0 aliphatic carbocycles. The van der Waals surface area contributed by atoms with Crippen molar-refractivity contribution in [2.45, 2.75) is 6.61 Å². The van der Waals surface area contributed by atoms with E-state index in [1.165, 1.54) is 7.11 Å². The lowest BCUT2D eigenvalue weighted by molar-refractivity contribution is 0.108. The lowest BCUT2D eigenvalue weighted by Gasteiger charge is -2.11. The number of pyridine rings is 1. The van der Waals surface area contributed by atoms with Gasteiger partial charge in [-0.1, -0.05) is 6.07 Å². The molecule has 2 aromatic rings. The Morgan fingerprint density at radius 1 is 1.32 bits per heavy atom. The predicted molar refractivity (Wildman–Crippen MR) is 71.7 cm³/mol. The largest absolute Gasteiger partial charge is 0.493 e. The summed E-state index contributed by atoms with van der Waals surface area (Å²) in [5.74, 6) is 1.02. The Labute approximate surface area is 115 Å². The Hall–Kier alpha value is -2.07. The van der Waals surface area contributed by atoms with E-state index in [0.29, 0.717) is 23.7 Å². The van der Waals surface area contributed by atoms with Crippen molar-refractivity contribution in [2.24, 2.45) is 0 Å². The van der Waals surface area contributed by atoms with E-state index in [2.05, 4.69) is 4.98 Å². The van der Waals surface area contributed by atoms with Crippen LogP contribution in [0, 0.1) is 0 Å². The van der Waals surface area contributed by atoms with Crippen molar-refractivity contribution in [2.75, 3.05) is 7.11 Å². The first-order valence-corrected chi connectivity index (χ1v) is 5.98. The van der Waals surface area contributed by atoms with Gasteiger partial charge in [0, 0.05) is 23.5 Å². The lowest BCUT2D eigenvalue weighted by Crippen LogP contribution is -1.99. The van der Waals surface area contributed by atoms with Crippen LogP contribution >= 0.6 is 11.6 Å². The number of nitrogens with zero attached hydrogens (tertiary/aromatic N) is 1. The summed E-state index contributed by atoms with van der Waals surface area (Å²) in [6, 6.07) is 8.55. The molecular formula is C14H12ClNO3. The maximum atomic E-state index is 11.1. The quantitative estimate of drug-likeness (QED) is 0.788. The van der Waals surface area contributed by atoms with Gasteiger partial charge in [0.15, 0.2) is 11.5 Å². The van der Waals surface area contributed by atoms with Crippen LogP contribution in [-0.2, 0) is 6.61 Å². The molecule has 0 aliphatic heterocycles. The Morgan fingerprint density at radius 2 is 2.16 bits per heavy atom. The number of methoxy groups -OCH3 is 1. The minimum atomic E-state index is -0.530. The number of hydrogen-bond acceptors (Lipinski definition) is 4. The topological polar surface area (TPSA) is 48.4 Å². The molecule has 0 aliphatic rings. The van der Waals surface area contributed by atoms with Crippen molar-refractivity contribution in [3.63, 3.8) is 0 Å². The fourth-order valence-electron chi connectivity index (χ4n) is 1.55. The third-order valence-electron chi connectivity index (χ3n) is 2.51. The molecular weight excluding hydrogens is 266 g/mol. The van der Waals surface area contributed by atoms with E-state index in [9.17, 15) is 4.79 Å². The Bertz CT molecular complexity index is 572. The van der Waals surface area contributed by atoms with Crippen LogP contribution in [0.1, 0.15) is 15.9 Å². The first kappa shape index (κ1) is 13.4. The molecule has 1 aromatic heterocycles. The smallest absolute Gasteiger partial charge is 0.252 e. The van der Waals surface area contributed by atoms with Gasteiger partial charge in [0.1, 0.15) is 6.61 Å². The molecule has 0 atom stereocenters. The Kier molecular flexibility index (Phi) is 4.36. The van der Waals surface area contributed by atoms with Crippen LogP contribution in [-0.4, -0.2) is 17.3 Å². The second-order valence-electron chi connectivity index (χ2n) is 3.79. The number of carbonyl (C=O) groups is 1. The number of rotatable bonds is 5. The third-order valence-corrected chi connectivity index (χ3v) is 2.73. The van der Waals surface area contributed by atoms with Crippen LogP contribution in [0.5, 0.6) is 11.5 Å². The van der Waals surface area contributed by atoms with Gasteiger partial charge < -0.3 is 9.47 Å². The highest BCUT2D eigenvalue weighted by Gasteiger charge is 2.09. The normalized spacial score (nSPS) is 10.0. The molecule has 0 unspecified atom stereocenters. The number of aromatic nitrogens is 1. The molecule has 1 heterocycles. The molecule has 0 saturated carbocycles. The summed E-state index contributed by atoms with van der Waals surface area (Å²) in [6.45, 7) is 0.373. The van der Waals surface area contributed by atoms with Crippen LogP contribution < -0.4 is 9.47 Å². The van der Waals surface area contributed by atoms with Crippen molar-refractivity contribution >= 4 is 16.8 Å². The van der Waals surface area contributed by atoms with E-state index in [1.807, 2.05) is 12.1 Å². The minimum absolute atomic E-state index is 0.368. The molecule has 98 valence electrons. The molecule has 0 radical (unpaired) electrons. The first-order valence-electron chi connectivity index (χ1n) is 5.60. The van der Waals surface area contributed by atoms with E-state index in [0.717, 1.165) is 5.56 Å². The van der Waals surface area contributed by atoms with Crippen molar-refractivity contribution in [3.8, 4) is 11.5 Å². The van der Waals surface area contributed by atoms with Crippen molar-refractivity contribution < 1.29 is 14.3 Å². The summed E-state index contributed by atoms with van der Waals surface area (Å²) in [5.41, 5.74) is 1.31. The summed E-state index contributed by atoms with van der Waals surface area (Å²) in [5, 5.41) is -0.530. The molecule has 0 spiro atoms. The van der Waals surface area contributed by atoms with Gasteiger partial charge in [0.25, 0.3) is 5.24 Å². The van der Waals surface area contributed by atoms with E-state index in [4.69, 9.17) is 21.1 Å². The summed E-state index contributed by atoms with van der Waals surface area (Å²) < 4.78 is 10.8. The van der Waals surface area contributed by atoms with E-state index in [-0.39, 0.29) is 0 Å². The summed E-state index contributed by atoms with van der Waals surface area (Å²) in [4.78, 5) is 15.1. The van der Waals surface area contributed by atoms with Gasteiger partial charge in [-0.2, -0.15) is 0 Å². The van der Waals surface area contributed by atoms with E-state index >= 15 is 0 Å². The van der Waals surface area contributed by atoms with Gasteiger partial charge >= 0.3 is 0 Å². The minimum Gasteiger partial charge on any atom is -0.493 e. The van der Waals surface area contributed by atoms with Crippen LogP contribution in [0.2, 0.25) is 0 Å². The van der Waals surface area contributed by atoms with E-state index in [1.54, 1.807) is 30.6 Å². The van der Waals surface area contributed by atoms with Crippen LogP contribution in [0.15, 0.2) is 42.7 Å². The average molecular weight is 278 g/mol. The summed E-state index contributed by atoms with van der Waals surface area (Å²) in [7, 11) is 1.51. The number of ether oxygens (including phenoxy) is 2. The number of benzene rings is 1. The van der Waals surface area contributed by atoms with Gasteiger partial charge in [-0.15, -0.1) is 0 Å². The Morgan fingerprint density at radius 3 is 2.79 bits per heavy atom. The molecule has 0 N–H and O–H groups in total. The Balaban J connectivity index is 2.14. The number of halogens is 1. The monoisotopic (exact) mass is 277 g/mol. The van der Waals surface area contributed by atoms with Gasteiger partial charge in [-0.25, -0.2) is 0 Å². The van der Waals surface area contributed by atoms with Gasteiger partial charge in [-0.05, 0) is 35.9 Å². The van der Waals surface area contributed by atoms with Crippen molar-refractivity contribution in [1.82, 2.24) is 4.98 Å². The van der Waals surface area contributed by atoms with Crippen molar-refractivity contribution in [1.29, 1.82) is 0 Å². The highest BCUT2D eigenvalue weighted by Crippen LogP contribution is 2.29. The number of hydrogen-bond donors (Lipinski definition) is 0. The fraction of sp³-hybridized carbons (Fsp3) is 0.143. The number of carbonyl (C=O) groups excluding carboxylic acids is 1. The van der Waals surface area contributed by atoms with Gasteiger partial charge in [0.05, 0.1) is 7.11 Å². The SMILES string of the molecule is COc1cc(C(=O)Cl)ccc1OCc1cccnc1. The second kappa shape index (κ2) is 6.20. The summed E-state index contributed by atoms with van der Waals surface area (Å²) >= 11 is 5.41. The summed E-state index contributed by atoms with van der Waals surface area (Å²) in [6.07, 6.45) is 3.42. The molecule has 0 amide bonds. The molecule has 0 fully saturated rings. The molecule has 2 rings (SSSR count). The highest BCUT2D eigenvalue weighted by molar-refractivity contribution is 6.67. The zero-order chi connectivity index (χ0) is 13.7. The standard InChI is InChI=1S/C14H12ClNO3/c1-18-13-7-11(14(15)17)4-5-12(13)19-9-10-3-2-6-16-8-10/h2-8H,9H2,1H3. The average Bonchev–Trinajstić information content (AvgIpc) is 2.45. The third kappa shape index (κ3) is 3.45. The molecule has 0 bridgehead atoms. The van der Waals surface area contributed by atoms with Crippen LogP contribution in [0.25, 0.3) is 0 Å². The van der Waals surface area contributed by atoms with Crippen LogP contribution in [0.4, 0.5) is 0 Å². The lowest BCUT2D eigenvalue weighted by atomic mass is 10.2. The first-order chi connectivity index (χ1) is 9.20. The highest BCUT2D eigenvalue weighted by atomic mass is 35.5. The van der Waals surface area contributed by atoms with Crippen molar-refractivity contribution in [3.05, 3.63) is 53.9 Å². The van der Waals surface area contributed by atoms with Gasteiger partial charge in [0.2, 0.25) is 0 Å². The maximum absolute atomic E-state index is 11.1. The maximum Gasteiger partial charge on any atom is 0.252 e. The fourth-order valence-corrected chi connectivity index (χ4v) is 1.67. The van der Waals surface area contributed by atoms with E-state index < -0.39 is 5.24 Å². The molecule has 4 nitrogen and oxygen atoms in total. The zero-order valence-electron chi connectivity index (χ0n) is 10.3. The molecule has 19 heavy (non-hydrogen) atoms. The molecule has 5 heteroatoms. The molecule has 0 saturated heterocycles. The molecule has 1 aromatic carbocycles. The second-order valence-corrected chi connectivity index (χ2v) is 4.13. The zero-order valence-corrected chi connectivity index (χ0v) is 11.1. The predicted octanol–water partition coefficient (Wildman–Crippen LogP) is 3.05.